The highest BCUT2D eigenvalue weighted by Gasteiger charge is 2.31. The second kappa shape index (κ2) is 10.8. The molecule has 0 saturated carbocycles. The Morgan fingerprint density at radius 1 is 0.636 bits per heavy atom. The van der Waals surface area contributed by atoms with Gasteiger partial charge in [0.25, 0.3) is 0 Å². The summed E-state index contributed by atoms with van der Waals surface area (Å²) in [4.78, 5) is 0. The molecule has 184 valence electrons. The Labute approximate surface area is 216 Å². The number of halogens is 4. The van der Waals surface area contributed by atoms with E-state index >= 15 is 0 Å². The van der Waals surface area contributed by atoms with E-state index in [1.807, 2.05) is 27.7 Å². The van der Waals surface area contributed by atoms with Crippen LogP contribution in [-0.4, -0.2) is 34.6 Å². The smallest absolute Gasteiger partial charge is 0.157 e. The van der Waals surface area contributed by atoms with Crippen LogP contribution in [0.5, 0.6) is 11.5 Å². The molecule has 0 spiro atoms. The number of hydrogen-bond acceptors (Lipinski definition) is 4. The lowest BCUT2D eigenvalue weighted by Crippen LogP contribution is -2.36. The second-order valence-electron chi connectivity index (χ2n) is 9.29. The van der Waals surface area contributed by atoms with E-state index in [1.54, 1.807) is 38.1 Å². The summed E-state index contributed by atoms with van der Waals surface area (Å²) in [5.41, 5.74) is -0.470. The van der Waals surface area contributed by atoms with Crippen LogP contribution in [0.4, 0.5) is 0 Å². The van der Waals surface area contributed by atoms with Crippen LogP contribution < -0.4 is 9.47 Å². The van der Waals surface area contributed by atoms with E-state index in [9.17, 15) is 10.2 Å². The molecule has 0 aliphatic rings. The number of aliphatic hydroxyl groups is 2. The highest BCUT2D eigenvalue weighted by atomic mass is 35.5. The molecule has 8 heteroatoms. The first-order valence-electron chi connectivity index (χ1n) is 10.8. The van der Waals surface area contributed by atoms with Crippen molar-refractivity contribution in [2.75, 3.05) is 13.2 Å². The van der Waals surface area contributed by atoms with Gasteiger partial charge in [-0.05, 0) is 62.1 Å². The van der Waals surface area contributed by atoms with Crippen molar-refractivity contribution in [3.8, 4) is 11.5 Å². The Bertz CT molecular complexity index is 859. The van der Waals surface area contributed by atoms with Gasteiger partial charge < -0.3 is 19.7 Å². The summed E-state index contributed by atoms with van der Waals surface area (Å²) >= 11 is 26.2. The fourth-order valence-electron chi connectivity index (χ4n) is 3.13. The largest absolute Gasteiger partial charge is 0.482 e. The molecule has 2 aromatic rings. The predicted octanol–water partition coefficient (Wildman–Crippen LogP) is 7.71. The van der Waals surface area contributed by atoms with Crippen LogP contribution in [0.1, 0.15) is 65.5 Å². The van der Waals surface area contributed by atoms with Crippen molar-refractivity contribution in [2.45, 2.75) is 71.0 Å². The third-order valence-electron chi connectivity index (χ3n) is 6.30. The zero-order valence-electron chi connectivity index (χ0n) is 19.9. The molecule has 33 heavy (non-hydrogen) atoms. The fraction of sp³-hybridized carbons (Fsp3) is 0.520. The van der Waals surface area contributed by atoms with Gasteiger partial charge in [-0.25, -0.2) is 0 Å². The molecule has 0 radical (unpaired) electrons. The van der Waals surface area contributed by atoms with Crippen molar-refractivity contribution in [2.24, 2.45) is 0 Å². The Kier molecular flexibility index (Phi) is 9.28. The van der Waals surface area contributed by atoms with E-state index in [2.05, 4.69) is 0 Å². The van der Waals surface area contributed by atoms with Crippen LogP contribution in [-0.2, 0) is 5.41 Å². The van der Waals surface area contributed by atoms with Crippen LogP contribution in [0.2, 0.25) is 20.1 Å². The van der Waals surface area contributed by atoms with E-state index in [0.717, 1.165) is 11.1 Å². The zero-order valence-corrected chi connectivity index (χ0v) is 22.9. The highest BCUT2D eigenvalue weighted by Crippen LogP contribution is 2.45. The minimum Gasteiger partial charge on any atom is -0.482 e. The molecule has 2 aromatic carbocycles. The van der Waals surface area contributed by atoms with Gasteiger partial charge in [-0.1, -0.05) is 74.1 Å². The number of hydrogen-bond donors (Lipinski definition) is 2. The van der Waals surface area contributed by atoms with Gasteiger partial charge in [0.1, 0.15) is 11.2 Å². The van der Waals surface area contributed by atoms with Crippen LogP contribution in [0, 0.1) is 0 Å². The average molecular weight is 538 g/mol. The summed E-state index contributed by atoms with van der Waals surface area (Å²) in [5, 5.41) is 20.7. The van der Waals surface area contributed by atoms with Gasteiger partial charge in [0.2, 0.25) is 0 Å². The number of rotatable bonds is 10. The molecule has 2 atom stereocenters. The fourth-order valence-corrected chi connectivity index (χ4v) is 4.26. The monoisotopic (exact) mass is 536 g/mol. The first-order chi connectivity index (χ1) is 15.3. The maximum Gasteiger partial charge on any atom is 0.157 e. The maximum absolute atomic E-state index is 9.68. The molecule has 0 heterocycles. The Balaban J connectivity index is 2.48. The van der Waals surface area contributed by atoms with Crippen LogP contribution >= 0.6 is 46.4 Å². The second-order valence-corrected chi connectivity index (χ2v) is 10.9. The summed E-state index contributed by atoms with van der Waals surface area (Å²) < 4.78 is 11.9. The SMILES string of the molecule is CCC(C)(CO)Oc1c(Cl)cc(C(C)(C)c2cc(Cl)c(OC(C)(CC)CO)c(Cl)c2)cc1Cl. The molecule has 4 nitrogen and oxygen atoms in total. The van der Waals surface area contributed by atoms with Gasteiger partial charge in [0.05, 0.1) is 33.3 Å². The summed E-state index contributed by atoms with van der Waals surface area (Å²) in [6.07, 6.45) is 1.17. The van der Waals surface area contributed by atoms with Crippen LogP contribution in [0.15, 0.2) is 24.3 Å². The standard InChI is InChI=1S/C25H32Cl4O4/c1-7-24(5,13-30)32-21-17(26)9-15(10-18(21)27)23(3,4)16-11-19(28)22(20(29)12-16)33-25(6,8-2)14-31/h9-12,30-31H,7-8,13-14H2,1-6H3. The molecule has 0 aromatic heterocycles. The van der Waals surface area contributed by atoms with E-state index in [1.165, 1.54) is 0 Å². The van der Waals surface area contributed by atoms with Gasteiger partial charge >= 0.3 is 0 Å². The normalized spacial score (nSPS) is 15.6. The lowest BCUT2D eigenvalue weighted by molar-refractivity contribution is 0.0221. The van der Waals surface area contributed by atoms with Gasteiger partial charge in [0.15, 0.2) is 11.5 Å². The molecule has 2 unspecified atom stereocenters. The molecular formula is C25H32Cl4O4. The number of benzene rings is 2. The molecule has 0 aliphatic heterocycles. The molecule has 0 aliphatic carbocycles. The number of ether oxygens (including phenoxy) is 2. The molecule has 0 fully saturated rings. The topological polar surface area (TPSA) is 58.9 Å². The van der Waals surface area contributed by atoms with Gasteiger partial charge in [0, 0.05) is 5.41 Å². The molecule has 0 amide bonds. The first-order valence-corrected chi connectivity index (χ1v) is 12.4. The quantitative estimate of drug-likeness (QED) is 0.326. The van der Waals surface area contributed by atoms with Crippen molar-refractivity contribution < 1.29 is 19.7 Å². The third-order valence-corrected chi connectivity index (χ3v) is 7.42. The summed E-state index contributed by atoms with van der Waals surface area (Å²) in [6, 6.07) is 7.18. The third kappa shape index (κ3) is 6.22. The summed E-state index contributed by atoms with van der Waals surface area (Å²) in [6.45, 7) is 11.1. The van der Waals surface area contributed by atoms with Crippen LogP contribution in [0.25, 0.3) is 0 Å². The minimum absolute atomic E-state index is 0.165. The lowest BCUT2D eigenvalue weighted by atomic mass is 9.78. The first kappa shape index (κ1) is 28.4. The van der Waals surface area contributed by atoms with Gasteiger partial charge in [-0.2, -0.15) is 0 Å². The average Bonchev–Trinajstić information content (AvgIpc) is 2.78. The van der Waals surface area contributed by atoms with Crippen molar-refractivity contribution in [3.63, 3.8) is 0 Å². The molecule has 0 saturated heterocycles. The lowest BCUT2D eigenvalue weighted by Gasteiger charge is -2.32. The molecular weight excluding hydrogens is 506 g/mol. The van der Waals surface area contributed by atoms with Crippen molar-refractivity contribution in [1.29, 1.82) is 0 Å². The maximum atomic E-state index is 9.68. The molecule has 2 rings (SSSR count). The molecule has 0 bridgehead atoms. The van der Waals surface area contributed by atoms with Crippen molar-refractivity contribution in [3.05, 3.63) is 55.5 Å². The Morgan fingerprint density at radius 3 is 1.12 bits per heavy atom. The molecule has 2 N–H and O–H groups in total. The van der Waals surface area contributed by atoms with E-state index in [4.69, 9.17) is 55.9 Å². The van der Waals surface area contributed by atoms with Crippen molar-refractivity contribution >= 4 is 46.4 Å². The Hall–Kier alpha value is -0.880. The van der Waals surface area contributed by atoms with Crippen molar-refractivity contribution in [1.82, 2.24) is 0 Å². The highest BCUT2D eigenvalue weighted by molar-refractivity contribution is 6.38. The van der Waals surface area contributed by atoms with Gasteiger partial charge in [-0.15, -0.1) is 0 Å². The summed E-state index contributed by atoms with van der Waals surface area (Å²) in [7, 11) is 0. The van der Waals surface area contributed by atoms with E-state index in [-0.39, 0.29) is 13.2 Å². The van der Waals surface area contributed by atoms with E-state index in [0.29, 0.717) is 44.4 Å². The Morgan fingerprint density at radius 2 is 0.909 bits per heavy atom. The van der Waals surface area contributed by atoms with Crippen LogP contribution in [0.3, 0.4) is 0 Å². The summed E-state index contributed by atoms with van der Waals surface area (Å²) in [5.74, 6) is 0.665. The minimum atomic E-state index is -0.789. The van der Waals surface area contributed by atoms with E-state index < -0.39 is 16.6 Å². The van der Waals surface area contributed by atoms with Gasteiger partial charge in [-0.3, -0.25) is 0 Å². The predicted molar refractivity (Wildman–Crippen MR) is 138 cm³/mol. The number of aliphatic hydroxyl groups excluding tert-OH is 2. The zero-order chi connectivity index (χ0) is 25.2.